The van der Waals surface area contributed by atoms with E-state index >= 15 is 0 Å². The zero-order chi connectivity index (χ0) is 23.7. The fraction of sp³-hybridized carbons (Fsp3) is 0.444. The molecular weight excluding hydrogens is 499 g/mol. The van der Waals surface area contributed by atoms with Gasteiger partial charge in [-0.1, -0.05) is 5.16 Å². The third kappa shape index (κ3) is 5.17. The number of β-lactam (4-membered cyclic amide) rings is 1. The number of carboxylic acid groups (broad SMARTS) is 1. The quantitative estimate of drug-likeness (QED) is 0.130. The number of anilines is 1. The summed E-state index contributed by atoms with van der Waals surface area (Å²) in [6.07, 6.45) is 0.959. The first-order valence-corrected chi connectivity index (χ1v) is 11.7. The summed E-state index contributed by atoms with van der Waals surface area (Å²) in [5, 5.41) is 21.8. The molecule has 1 aromatic rings. The summed E-state index contributed by atoms with van der Waals surface area (Å²) >= 11 is 2.33. The summed E-state index contributed by atoms with van der Waals surface area (Å²) < 4.78 is 5.62. The van der Waals surface area contributed by atoms with Crippen molar-refractivity contribution in [2.75, 3.05) is 25.2 Å². The maximum Gasteiger partial charge on any atom is 1.00 e. The largest absolute Gasteiger partial charge is 1.00 e. The van der Waals surface area contributed by atoms with Crippen LogP contribution in [-0.2, 0) is 28.8 Å². The number of carbonyl (C=O) groups excluding carboxylic acids is 4. The third-order valence-electron chi connectivity index (χ3n) is 5.12. The standard InChI is InChI=1S/C18H20N6O7S2.Na/c1-30-23-11(8-5-33-18(19)21-8)14(26)22-12-15(27)24-13(17(28)29)9(6-32-16(12)24)31-4-7-2-3-10(25)20-7;/h5,7,12,16H,2-4,6H2,1H3,(H2,19,21)(H,20,25)(H,22,26)(H,28,29);/q;+1/p-1/b23-11-;/t7-,12+,16+;/m0./s1. The van der Waals surface area contributed by atoms with Crippen LogP contribution in [-0.4, -0.2) is 76.2 Å². The molecule has 4 N–H and O–H groups in total. The van der Waals surface area contributed by atoms with Crippen LogP contribution >= 0.6 is 23.1 Å². The van der Waals surface area contributed by atoms with E-state index in [9.17, 15) is 24.3 Å². The van der Waals surface area contributed by atoms with Crippen molar-refractivity contribution in [2.24, 2.45) is 5.16 Å². The molecule has 3 aliphatic rings. The van der Waals surface area contributed by atoms with Crippen LogP contribution in [0.5, 0.6) is 0 Å². The third-order valence-corrected chi connectivity index (χ3v) is 7.05. The fourth-order valence-corrected chi connectivity index (χ4v) is 5.42. The van der Waals surface area contributed by atoms with Gasteiger partial charge in [-0.25, -0.2) is 4.98 Å². The molecule has 1 aromatic heterocycles. The number of rotatable bonds is 8. The number of ether oxygens (including phenoxy) is 1. The van der Waals surface area contributed by atoms with E-state index in [0.717, 1.165) is 16.2 Å². The van der Waals surface area contributed by atoms with E-state index in [1.165, 1.54) is 24.3 Å². The Hall–Kier alpha value is -2.33. The number of hydrogen-bond acceptors (Lipinski definition) is 12. The van der Waals surface area contributed by atoms with Crippen LogP contribution < -0.4 is 51.0 Å². The molecule has 16 heteroatoms. The van der Waals surface area contributed by atoms with E-state index in [1.807, 2.05) is 0 Å². The number of nitrogen functional groups attached to an aromatic ring is 1. The van der Waals surface area contributed by atoms with Crippen molar-refractivity contribution >= 4 is 57.6 Å². The molecular formula is C18H19N6NaO7S2. The Morgan fingerprint density at radius 3 is 2.79 bits per heavy atom. The normalized spacial score (nSPS) is 24.0. The van der Waals surface area contributed by atoms with Crippen LogP contribution in [0.3, 0.4) is 0 Å². The summed E-state index contributed by atoms with van der Waals surface area (Å²) in [6.45, 7) is 0.0822. The molecule has 0 bridgehead atoms. The second-order valence-corrected chi connectivity index (χ2v) is 9.22. The Bertz CT molecular complexity index is 1080. The minimum absolute atomic E-state index is 0. The number of carboxylic acids is 1. The van der Waals surface area contributed by atoms with Crippen molar-refractivity contribution in [3.05, 3.63) is 22.5 Å². The Kier molecular flexibility index (Phi) is 8.46. The van der Waals surface area contributed by atoms with Gasteiger partial charge < -0.3 is 35.8 Å². The molecule has 2 fully saturated rings. The van der Waals surface area contributed by atoms with Crippen LogP contribution in [0.15, 0.2) is 22.0 Å². The van der Waals surface area contributed by atoms with Gasteiger partial charge in [0.1, 0.15) is 42.3 Å². The molecule has 0 aromatic carbocycles. The number of hydrogen-bond donors (Lipinski definition) is 3. The molecule has 0 unspecified atom stereocenters. The van der Waals surface area contributed by atoms with Crippen LogP contribution in [0.1, 0.15) is 18.5 Å². The number of aliphatic carboxylic acids is 1. The Morgan fingerprint density at radius 2 is 2.21 bits per heavy atom. The number of nitrogens with zero attached hydrogens (tertiary/aromatic N) is 3. The Labute approximate surface area is 223 Å². The van der Waals surface area contributed by atoms with E-state index < -0.39 is 29.2 Å². The molecule has 13 nitrogen and oxygen atoms in total. The molecule has 34 heavy (non-hydrogen) atoms. The average Bonchev–Trinajstić information content (AvgIpc) is 3.40. The number of oxime groups is 1. The molecule has 0 aliphatic carbocycles. The van der Waals surface area contributed by atoms with Gasteiger partial charge in [-0.15, -0.1) is 23.1 Å². The maximum absolute atomic E-state index is 12.8. The Balaban J connectivity index is 0.00000324. The number of fused-ring (bicyclic) bond motifs is 1. The number of nitrogens with two attached hydrogens (primary N) is 1. The van der Waals surface area contributed by atoms with Crippen LogP contribution in [0.4, 0.5) is 5.13 Å². The van der Waals surface area contributed by atoms with Crippen molar-refractivity contribution in [1.29, 1.82) is 0 Å². The summed E-state index contributed by atoms with van der Waals surface area (Å²) in [5.74, 6) is -2.79. The van der Waals surface area contributed by atoms with Gasteiger partial charge in [-0.3, -0.25) is 19.3 Å². The van der Waals surface area contributed by atoms with Gasteiger partial charge in [0, 0.05) is 11.8 Å². The molecule has 4 rings (SSSR count). The summed E-state index contributed by atoms with van der Waals surface area (Å²) in [5.41, 5.74) is 5.24. The predicted molar refractivity (Wildman–Crippen MR) is 114 cm³/mol. The second kappa shape index (κ2) is 10.9. The number of amides is 3. The topological polar surface area (TPSA) is 188 Å². The van der Waals surface area contributed by atoms with Gasteiger partial charge in [0.2, 0.25) is 5.91 Å². The van der Waals surface area contributed by atoms with E-state index in [2.05, 4.69) is 20.8 Å². The average molecular weight is 519 g/mol. The Morgan fingerprint density at radius 1 is 1.44 bits per heavy atom. The first kappa shape index (κ1) is 26.3. The summed E-state index contributed by atoms with van der Waals surface area (Å²) in [7, 11) is 1.26. The minimum Gasteiger partial charge on any atom is -0.543 e. The molecule has 0 saturated carbocycles. The monoisotopic (exact) mass is 518 g/mol. The number of thiazole rings is 1. The number of thioether (sulfide) groups is 1. The van der Waals surface area contributed by atoms with Crippen molar-refractivity contribution in [2.45, 2.75) is 30.3 Å². The summed E-state index contributed by atoms with van der Waals surface area (Å²) in [6, 6.07) is -1.22. The van der Waals surface area contributed by atoms with Gasteiger partial charge in [0.25, 0.3) is 11.8 Å². The maximum atomic E-state index is 12.8. The molecule has 176 valence electrons. The number of aromatic nitrogens is 1. The van der Waals surface area contributed by atoms with Crippen LogP contribution in [0, 0.1) is 0 Å². The molecule has 2 saturated heterocycles. The van der Waals surface area contributed by atoms with E-state index in [4.69, 9.17) is 15.3 Å². The van der Waals surface area contributed by atoms with E-state index in [0.29, 0.717) is 12.8 Å². The first-order valence-electron chi connectivity index (χ1n) is 9.74. The first-order chi connectivity index (χ1) is 15.8. The van der Waals surface area contributed by atoms with Crippen molar-refractivity contribution in [1.82, 2.24) is 20.5 Å². The molecule has 0 spiro atoms. The smallest absolute Gasteiger partial charge is 0.543 e. The van der Waals surface area contributed by atoms with Crippen molar-refractivity contribution in [3.63, 3.8) is 0 Å². The van der Waals surface area contributed by atoms with E-state index in [-0.39, 0.29) is 81.9 Å². The van der Waals surface area contributed by atoms with Crippen LogP contribution in [0.2, 0.25) is 0 Å². The second-order valence-electron chi connectivity index (χ2n) is 7.23. The van der Waals surface area contributed by atoms with Crippen molar-refractivity contribution < 1.29 is 63.4 Å². The zero-order valence-electron chi connectivity index (χ0n) is 18.2. The molecule has 0 radical (unpaired) electrons. The van der Waals surface area contributed by atoms with Gasteiger partial charge in [0.05, 0.1) is 17.8 Å². The zero-order valence-corrected chi connectivity index (χ0v) is 21.9. The van der Waals surface area contributed by atoms with Gasteiger partial charge >= 0.3 is 29.6 Å². The van der Waals surface area contributed by atoms with Crippen molar-refractivity contribution in [3.8, 4) is 0 Å². The minimum atomic E-state index is -1.57. The molecule has 3 amide bonds. The van der Waals surface area contributed by atoms with Gasteiger partial charge in [-0.2, -0.15) is 0 Å². The van der Waals surface area contributed by atoms with E-state index in [1.54, 1.807) is 0 Å². The predicted octanol–water partition coefficient (Wildman–Crippen LogP) is -5.26. The fourth-order valence-electron chi connectivity index (χ4n) is 3.60. The number of carbonyl (C=O) groups is 4. The van der Waals surface area contributed by atoms with Gasteiger partial charge in [0.15, 0.2) is 10.8 Å². The molecule has 3 aliphatic heterocycles. The SMILES string of the molecule is CO/N=C(\C(=O)N[C@@H]1C(=O)N2C(C(=O)[O-])=C(OC[C@@H]3CCC(=O)N3)CS[C@H]12)c1csc(N)n1.[Na+]. The van der Waals surface area contributed by atoms with Gasteiger partial charge in [-0.05, 0) is 6.42 Å². The molecule has 4 heterocycles. The number of nitrogens with one attached hydrogen (secondary N) is 2. The van der Waals surface area contributed by atoms with Crippen LogP contribution in [0.25, 0.3) is 0 Å². The molecule has 3 atom stereocenters. The summed E-state index contributed by atoms with van der Waals surface area (Å²) in [4.78, 5) is 58.4.